The van der Waals surface area contributed by atoms with Crippen molar-refractivity contribution in [3.63, 3.8) is 0 Å². The predicted octanol–water partition coefficient (Wildman–Crippen LogP) is 1.71. The monoisotopic (exact) mass is 342 g/mol. The second-order valence-electron chi connectivity index (χ2n) is 5.95. The van der Waals surface area contributed by atoms with Crippen molar-refractivity contribution in [3.8, 4) is 11.5 Å². The summed E-state index contributed by atoms with van der Waals surface area (Å²) < 4.78 is 37.7. The molecule has 2 rings (SSSR count). The average molecular weight is 342 g/mol. The normalized spacial score (nSPS) is 17.2. The van der Waals surface area contributed by atoms with Crippen molar-refractivity contribution >= 4 is 10.0 Å². The fourth-order valence-electron chi connectivity index (χ4n) is 2.82. The minimum atomic E-state index is -3.53. The van der Waals surface area contributed by atoms with E-state index in [1.165, 1.54) is 26.4 Å². The average Bonchev–Trinajstić information content (AvgIpc) is 2.55. The maximum atomic E-state index is 12.4. The molecule has 7 heteroatoms. The minimum Gasteiger partial charge on any atom is -0.493 e. The lowest BCUT2D eigenvalue weighted by molar-refractivity contribution is 0.213. The largest absolute Gasteiger partial charge is 0.493 e. The molecule has 1 aliphatic rings. The molecule has 1 saturated heterocycles. The number of sulfonamides is 1. The first-order valence-corrected chi connectivity index (χ1v) is 9.35. The number of nitrogens with zero attached hydrogens (tertiary/aromatic N) is 1. The van der Waals surface area contributed by atoms with Gasteiger partial charge in [-0.25, -0.2) is 13.1 Å². The zero-order chi connectivity index (χ0) is 16.9. The first-order chi connectivity index (χ1) is 11.0. The van der Waals surface area contributed by atoms with Gasteiger partial charge in [0.15, 0.2) is 11.5 Å². The van der Waals surface area contributed by atoms with Crippen molar-refractivity contribution < 1.29 is 17.9 Å². The van der Waals surface area contributed by atoms with Crippen molar-refractivity contribution in [2.75, 3.05) is 40.9 Å². The van der Waals surface area contributed by atoms with Crippen LogP contribution in [0.1, 0.15) is 19.3 Å². The van der Waals surface area contributed by atoms with Gasteiger partial charge in [-0.2, -0.15) is 0 Å². The zero-order valence-electron chi connectivity index (χ0n) is 14.0. The first kappa shape index (κ1) is 18.0. The first-order valence-electron chi connectivity index (χ1n) is 7.86. The maximum absolute atomic E-state index is 12.4. The van der Waals surface area contributed by atoms with Crippen molar-refractivity contribution in [1.82, 2.24) is 9.62 Å². The molecule has 1 aromatic rings. The van der Waals surface area contributed by atoms with Crippen molar-refractivity contribution in [2.45, 2.75) is 24.2 Å². The van der Waals surface area contributed by atoms with Crippen LogP contribution in [0, 0.1) is 5.92 Å². The summed E-state index contributed by atoms with van der Waals surface area (Å²) in [5, 5.41) is 0. The SMILES string of the molecule is COc1ccc(S(=O)(=O)NCCC2CCN(C)CC2)cc1OC. The molecule has 1 N–H and O–H groups in total. The van der Waals surface area contributed by atoms with Gasteiger partial charge in [0.1, 0.15) is 0 Å². The topological polar surface area (TPSA) is 67.9 Å². The van der Waals surface area contributed by atoms with Crippen LogP contribution in [0.15, 0.2) is 23.1 Å². The molecule has 0 amide bonds. The predicted molar refractivity (Wildman–Crippen MR) is 89.6 cm³/mol. The summed E-state index contributed by atoms with van der Waals surface area (Å²) in [4.78, 5) is 2.50. The Morgan fingerprint density at radius 3 is 2.43 bits per heavy atom. The van der Waals surface area contributed by atoms with Crippen LogP contribution in [0.5, 0.6) is 11.5 Å². The molecule has 0 atom stereocenters. The highest BCUT2D eigenvalue weighted by atomic mass is 32.2. The second-order valence-corrected chi connectivity index (χ2v) is 7.72. The van der Waals surface area contributed by atoms with Gasteiger partial charge in [-0.15, -0.1) is 0 Å². The van der Waals surface area contributed by atoms with Crippen LogP contribution in [0.4, 0.5) is 0 Å². The lowest BCUT2D eigenvalue weighted by Crippen LogP contribution is -2.32. The molecule has 1 aromatic carbocycles. The van der Waals surface area contributed by atoms with Gasteiger partial charge >= 0.3 is 0 Å². The van der Waals surface area contributed by atoms with Crippen LogP contribution < -0.4 is 14.2 Å². The Balaban J connectivity index is 1.93. The molecule has 0 bridgehead atoms. The molecule has 1 fully saturated rings. The molecule has 23 heavy (non-hydrogen) atoms. The highest BCUT2D eigenvalue weighted by Gasteiger charge is 2.19. The van der Waals surface area contributed by atoms with E-state index in [2.05, 4.69) is 16.7 Å². The maximum Gasteiger partial charge on any atom is 0.240 e. The molecule has 0 radical (unpaired) electrons. The van der Waals surface area contributed by atoms with Crippen LogP contribution in [-0.4, -0.2) is 54.2 Å². The molecule has 1 aliphatic heterocycles. The molecule has 0 aromatic heterocycles. The van der Waals surface area contributed by atoms with E-state index < -0.39 is 10.0 Å². The van der Waals surface area contributed by atoms with Gasteiger partial charge in [0.2, 0.25) is 10.0 Å². The molecule has 1 heterocycles. The van der Waals surface area contributed by atoms with Gasteiger partial charge in [0.25, 0.3) is 0 Å². The summed E-state index contributed by atoms with van der Waals surface area (Å²) in [7, 11) is 1.60. The molecule has 6 nitrogen and oxygen atoms in total. The van der Waals surface area contributed by atoms with Gasteiger partial charge in [-0.3, -0.25) is 0 Å². The highest BCUT2D eigenvalue weighted by molar-refractivity contribution is 7.89. The summed E-state index contributed by atoms with van der Waals surface area (Å²) >= 11 is 0. The van der Waals surface area contributed by atoms with Gasteiger partial charge < -0.3 is 14.4 Å². The molecule has 0 saturated carbocycles. The summed E-state index contributed by atoms with van der Waals surface area (Å²) in [6.45, 7) is 2.64. The van der Waals surface area contributed by atoms with Crippen LogP contribution in [0.3, 0.4) is 0 Å². The van der Waals surface area contributed by atoms with Gasteiger partial charge in [0.05, 0.1) is 19.1 Å². The van der Waals surface area contributed by atoms with Gasteiger partial charge in [0, 0.05) is 12.6 Å². The summed E-state index contributed by atoms with van der Waals surface area (Å²) in [5.74, 6) is 1.52. The molecule has 0 aliphatic carbocycles. The quantitative estimate of drug-likeness (QED) is 0.817. The lowest BCUT2D eigenvalue weighted by Gasteiger charge is -2.28. The van der Waals surface area contributed by atoms with Crippen LogP contribution in [-0.2, 0) is 10.0 Å². The van der Waals surface area contributed by atoms with E-state index in [1.54, 1.807) is 6.07 Å². The zero-order valence-corrected chi connectivity index (χ0v) is 14.9. The van der Waals surface area contributed by atoms with Crippen molar-refractivity contribution in [2.24, 2.45) is 5.92 Å². The van der Waals surface area contributed by atoms with E-state index in [0.717, 1.165) is 32.4 Å². The number of rotatable bonds is 7. The van der Waals surface area contributed by atoms with E-state index >= 15 is 0 Å². The van der Waals surface area contributed by atoms with E-state index in [4.69, 9.17) is 9.47 Å². The van der Waals surface area contributed by atoms with Crippen LogP contribution in [0.25, 0.3) is 0 Å². The fraction of sp³-hybridized carbons (Fsp3) is 0.625. The number of methoxy groups -OCH3 is 2. The molecule has 130 valence electrons. The summed E-state index contributed by atoms with van der Waals surface area (Å²) in [6.07, 6.45) is 3.14. The third-order valence-corrected chi connectivity index (χ3v) is 5.81. The number of nitrogens with one attached hydrogen (secondary N) is 1. The standard InChI is InChI=1S/C16H26N2O4S/c1-18-10-7-13(8-11-18)6-9-17-23(19,20)14-4-5-15(21-2)16(12-14)22-3/h4-5,12-13,17H,6-11H2,1-3H3. The molecular weight excluding hydrogens is 316 g/mol. The molecular formula is C16H26N2O4S. The summed E-state index contributed by atoms with van der Waals surface area (Å²) in [5.41, 5.74) is 0. The smallest absolute Gasteiger partial charge is 0.240 e. The van der Waals surface area contributed by atoms with Crippen LogP contribution in [0.2, 0.25) is 0 Å². The Labute approximate surface area is 138 Å². The molecule has 0 unspecified atom stereocenters. The van der Waals surface area contributed by atoms with E-state index in [0.29, 0.717) is 24.0 Å². The third kappa shape index (κ3) is 4.83. The van der Waals surface area contributed by atoms with E-state index in [1.807, 2.05) is 0 Å². The van der Waals surface area contributed by atoms with E-state index in [9.17, 15) is 8.42 Å². The number of hydrogen-bond donors (Lipinski definition) is 1. The Hall–Kier alpha value is -1.31. The number of piperidine rings is 1. The van der Waals surface area contributed by atoms with E-state index in [-0.39, 0.29) is 4.90 Å². The minimum absolute atomic E-state index is 0.193. The number of likely N-dealkylation sites (tertiary alicyclic amines) is 1. The summed E-state index contributed by atoms with van der Waals surface area (Å²) in [6, 6.07) is 4.61. The molecule has 0 spiro atoms. The van der Waals surface area contributed by atoms with Gasteiger partial charge in [-0.05, 0) is 57.5 Å². The number of hydrogen-bond acceptors (Lipinski definition) is 5. The van der Waals surface area contributed by atoms with Gasteiger partial charge in [-0.1, -0.05) is 0 Å². The number of ether oxygens (including phenoxy) is 2. The van der Waals surface area contributed by atoms with Crippen LogP contribution >= 0.6 is 0 Å². The number of benzene rings is 1. The Morgan fingerprint density at radius 2 is 1.83 bits per heavy atom. The van der Waals surface area contributed by atoms with Crippen molar-refractivity contribution in [3.05, 3.63) is 18.2 Å². The Bertz CT molecular complexity index is 611. The fourth-order valence-corrected chi connectivity index (χ4v) is 3.88. The lowest BCUT2D eigenvalue weighted by atomic mass is 9.94. The Kier molecular flexibility index (Phi) is 6.26. The third-order valence-electron chi connectivity index (χ3n) is 4.35. The van der Waals surface area contributed by atoms with Crippen molar-refractivity contribution in [1.29, 1.82) is 0 Å². The Morgan fingerprint density at radius 1 is 1.17 bits per heavy atom. The second kappa shape index (κ2) is 7.99. The highest BCUT2D eigenvalue weighted by Crippen LogP contribution is 2.29.